The first-order chi connectivity index (χ1) is 10.1. The average molecular weight is 297 g/mol. The van der Waals surface area contributed by atoms with E-state index in [1.807, 2.05) is 6.92 Å². The SMILES string of the molecule is CCNc1nc(C)c([N+](=O)[O-])c(NCCCCCCO)n1. The van der Waals surface area contributed by atoms with Crippen molar-refractivity contribution in [2.45, 2.75) is 39.5 Å². The fourth-order valence-electron chi connectivity index (χ4n) is 1.94. The highest BCUT2D eigenvalue weighted by Gasteiger charge is 2.21. The zero-order chi connectivity index (χ0) is 15.7. The van der Waals surface area contributed by atoms with Gasteiger partial charge in [-0.25, -0.2) is 4.98 Å². The maximum Gasteiger partial charge on any atom is 0.332 e. The van der Waals surface area contributed by atoms with E-state index in [0.29, 0.717) is 24.7 Å². The number of nitrogens with zero attached hydrogens (tertiary/aromatic N) is 3. The number of nitrogens with one attached hydrogen (secondary N) is 2. The Morgan fingerprint density at radius 2 is 1.90 bits per heavy atom. The van der Waals surface area contributed by atoms with Crippen LogP contribution < -0.4 is 10.6 Å². The number of aliphatic hydroxyl groups excluding tert-OH is 1. The molecule has 1 heterocycles. The number of hydrogen-bond donors (Lipinski definition) is 3. The molecule has 0 saturated heterocycles. The van der Waals surface area contributed by atoms with E-state index in [2.05, 4.69) is 20.6 Å². The quantitative estimate of drug-likeness (QED) is 0.344. The lowest BCUT2D eigenvalue weighted by Crippen LogP contribution is -2.11. The van der Waals surface area contributed by atoms with Crippen LogP contribution in [0, 0.1) is 17.0 Å². The van der Waals surface area contributed by atoms with E-state index < -0.39 is 4.92 Å². The van der Waals surface area contributed by atoms with Crippen LogP contribution in [0.3, 0.4) is 0 Å². The summed E-state index contributed by atoms with van der Waals surface area (Å²) >= 11 is 0. The minimum absolute atomic E-state index is 0.0768. The Bertz CT molecular complexity index is 467. The lowest BCUT2D eigenvalue weighted by atomic mass is 10.2. The molecular weight excluding hydrogens is 274 g/mol. The third-order valence-electron chi connectivity index (χ3n) is 2.95. The fraction of sp³-hybridized carbons (Fsp3) is 0.692. The maximum atomic E-state index is 11.1. The van der Waals surface area contributed by atoms with Crippen molar-refractivity contribution in [3.05, 3.63) is 15.8 Å². The molecule has 1 aromatic rings. The first-order valence-corrected chi connectivity index (χ1v) is 7.21. The Kier molecular flexibility index (Phi) is 7.38. The van der Waals surface area contributed by atoms with Crippen molar-refractivity contribution in [2.24, 2.45) is 0 Å². The zero-order valence-electron chi connectivity index (χ0n) is 12.6. The molecule has 118 valence electrons. The number of rotatable bonds is 10. The molecule has 0 aliphatic heterocycles. The van der Waals surface area contributed by atoms with Gasteiger partial charge in [0.15, 0.2) is 0 Å². The van der Waals surface area contributed by atoms with Gasteiger partial charge >= 0.3 is 5.69 Å². The van der Waals surface area contributed by atoms with Crippen molar-refractivity contribution in [1.29, 1.82) is 0 Å². The van der Waals surface area contributed by atoms with E-state index in [1.54, 1.807) is 6.92 Å². The number of hydrogen-bond acceptors (Lipinski definition) is 7. The molecule has 0 unspecified atom stereocenters. The molecule has 1 rings (SSSR count). The number of aliphatic hydroxyl groups is 1. The van der Waals surface area contributed by atoms with E-state index in [4.69, 9.17) is 5.11 Å². The second-order valence-electron chi connectivity index (χ2n) is 4.68. The normalized spacial score (nSPS) is 10.4. The summed E-state index contributed by atoms with van der Waals surface area (Å²) in [6, 6.07) is 0. The lowest BCUT2D eigenvalue weighted by molar-refractivity contribution is -0.385. The molecule has 21 heavy (non-hydrogen) atoms. The molecule has 0 aliphatic rings. The van der Waals surface area contributed by atoms with Gasteiger partial charge in [-0.1, -0.05) is 12.8 Å². The van der Waals surface area contributed by atoms with Crippen LogP contribution in [0.4, 0.5) is 17.5 Å². The minimum atomic E-state index is -0.459. The largest absolute Gasteiger partial charge is 0.396 e. The molecule has 0 spiro atoms. The van der Waals surface area contributed by atoms with Crippen LogP contribution >= 0.6 is 0 Å². The van der Waals surface area contributed by atoms with Crippen LogP contribution in [-0.2, 0) is 0 Å². The van der Waals surface area contributed by atoms with Crippen molar-refractivity contribution in [3.63, 3.8) is 0 Å². The number of aromatic nitrogens is 2. The van der Waals surface area contributed by atoms with E-state index in [0.717, 1.165) is 25.7 Å². The highest BCUT2D eigenvalue weighted by atomic mass is 16.6. The van der Waals surface area contributed by atoms with Crippen LogP contribution in [0.5, 0.6) is 0 Å². The van der Waals surface area contributed by atoms with Gasteiger partial charge in [0.05, 0.1) is 4.92 Å². The van der Waals surface area contributed by atoms with E-state index in [-0.39, 0.29) is 18.1 Å². The molecule has 0 aromatic carbocycles. The smallest absolute Gasteiger partial charge is 0.332 e. The Hall–Kier alpha value is -1.96. The molecule has 8 nitrogen and oxygen atoms in total. The highest BCUT2D eigenvalue weighted by Crippen LogP contribution is 2.26. The van der Waals surface area contributed by atoms with E-state index >= 15 is 0 Å². The second kappa shape index (κ2) is 9.06. The molecule has 0 amide bonds. The number of nitro groups is 1. The van der Waals surface area contributed by atoms with Crippen molar-refractivity contribution >= 4 is 17.5 Å². The van der Waals surface area contributed by atoms with Gasteiger partial charge in [-0.2, -0.15) is 4.98 Å². The van der Waals surface area contributed by atoms with E-state index in [9.17, 15) is 10.1 Å². The Labute approximate surface area is 124 Å². The summed E-state index contributed by atoms with van der Waals surface area (Å²) in [4.78, 5) is 18.9. The van der Waals surface area contributed by atoms with Crippen LogP contribution in [0.1, 0.15) is 38.3 Å². The van der Waals surface area contributed by atoms with Crippen LogP contribution in [0.15, 0.2) is 0 Å². The topological polar surface area (TPSA) is 113 Å². The van der Waals surface area contributed by atoms with Crippen molar-refractivity contribution in [3.8, 4) is 0 Å². The fourth-order valence-corrected chi connectivity index (χ4v) is 1.94. The molecule has 0 aliphatic carbocycles. The Balaban J connectivity index is 2.71. The minimum Gasteiger partial charge on any atom is -0.396 e. The first kappa shape index (κ1) is 17.1. The molecule has 0 atom stereocenters. The van der Waals surface area contributed by atoms with Gasteiger partial charge in [0, 0.05) is 19.7 Å². The number of aryl methyl sites for hydroxylation is 1. The van der Waals surface area contributed by atoms with Gasteiger partial charge in [0.1, 0.15) is 5.69 Å². The number of anilines is 2. The van der Waals surface area contributed by atoms with Gasteiger partial charge in [0.2, 0.25) is 11.8 Å². The third-order valence-corrected chi connectivity index (χ3v) is 2.95. The standard InChI is InChI=1S/C13H23N5O3/c1-3-14-13-16-10(2)11(18(20)21)12(17-13)15-8-6-4-5-7-9-19/h19H,3-9H2,1-2H3,(H2,14,15,16,17). The number of unbranched alkanes of at least 4 members (excludes halogenated alkanes) is 3. The predicted octanol–water partition coefficient (Wildman–Crippen LogP) is 2.09. The summed E-state index contributed by atoms with van der Waals surface area (Å²) in [6.07, 6.45) is 3.57. The van der Waals surface area contributed by atoms with Crippen LogP contribution in [0.2, 0.25) is 0 Å². The van der Waals surface area contributed by atoms with Gasteiger partial charge in [-0.3, -0.25) is 10.1 Å². The summed E-state index contributed by atoms with van der Waals surface area (Å²) in [7, 11) is 0. The Morgan fingerprint density at radius 3 is 2.52 bits per heavy atom. The van der Waals surface area contributed by atoms with Crippen molar-refractivity contribution in [1.82, 2.24) is 9.97 Å². The van der Waals surface area contributed by atoms with Gasteiger partial charge < -0.3 is 15.7 Å². The lowest BCUT2D eigenvalue weighted by Gasteiger charge is -2.10. The molecule has 0 saturated carbocycles. The predicted molar refractivity (Wildman–Crippen MR) is 81.6 cm³/mol. The zero-order valence-corrected chi connectivity index (χ0v) is 12.6. The van der Waals surface area contributed by atoms with Gasteiger partial charge in [-0.15, -0.1) is 0 Å². The van der Waals surface area contributed by atoms with E-state index in [1.165, 1.54) is 0 Å². The molecule has 0 bridgehead atoms. The molecule has 1 aromatic heterocycles. The first-order valence-electron chi connectivity index (χ1n) is 7.21. The molecule has 0 radical (unpaired) electrons. The monoisotopic (exact) mass is 297 g/mol. The maximum absolute atomic E-state index is 11.1. The second-order valence-corrected chi connectivity index (χ2v) is 4.68. The average Bonchev–Trinajstić information content (AvgIpc) is 2.42. The van der Waals surface area contributed by atoms with Crippen molar-refractivity contribution < 1.29 is 10.0 Å². The summed E-state index contributed by atoms with van der Waals surface area (Å²) < 4.78 is 0. The third kappa shape index (κ3) is 5.50. The Morgan fingerprint density at radius 1 is 1.19 bits per heavy atom. The summed E-state index contributed by atoms with van der Waals surface area (Å²) in [5.74, 6) is 0.647. The van der Waals surface area contributed by atoms with Gasteiger partial charge in [0.25, 0.3) is 0 Å². The molecular formula is C13H23N5O3. The van der Waals surface area contributed by atoms with Crippen molar-refractivity contribution in [2.75, 3.05) is 30.3 Å². The van der Waals surface area contributed by atoms with Crippen LogP contribution in [0.25, 0.3) is 0 Å². The highest BCUT2D eigenvalue weighted by molar-refractivity contribution is 5.60. The summed E-state index contributed by atoms with van der Waals surface area (Å²) in [6.45, 7) is 4.98. The van der Waals surface area contributed by atoms with Crippen LogP contribution in [-0.4, -0.2) is 39.7 Å². The molecule has 0 fully saturated rings. The molecule has 8 heteroatoms. The molecule has 3 N–H and O–H groups in total. The summed E-state index contributed by atoms with van der Waals surface area (Å²) in [5, 5.41) is 25.8. The summed E-state index contributed by atoms with van der Waals surface area (Å²) in [5.41, 5.74) is 0.265. The van der Waals surface area contributed by atoms with Gasteiger partial charge in [-0.05, 0) is 26.7 Å².